The summed E-state index contributed by atoms with van der Waals surface area (Å²) in [4.78, 5) is 25.3. The number of hydrogen-bond donors (Lipinski definition) is 2. The van der Waals surface area contributed by atoms with Gasteiger partial charge in [0.15, 0.2) is 15.7 Å². The van der Waals surface area contributed by atoms with E-state index in [1.165, 1.54) is 47.3 Å². The SMILES string of the molecule is CS(=O)(=O)c1ccc(C(=O)NNC(=O)c2cnn(-c3ccccc3F)c2-n2cccc2)cc1. The monoisotopic (exact) mass is 467 g/mol. The molecule has 0 unspecified atom stereocenters. The molecule has 0 atom stereocenters. The predicted octanol–water partition coefficient (Wildman–Crippen LogP) is 2.28. The number of carbonyl (C=O) groups is 2. The highest BCUT2D eigenvalue weighted by atomic mass is 32.2. The summed E-state index contributed by atoms with van der Waals surface area (Å²) in [5.74, 6) is -1.57. The Bertz CT molecular complexity index is 1430. The van der Waals surface area contributed by atoms with Crippen molar-refractivity contribution in [1.82, 2.24) is 25.2 Å². The molecule has 2 aromatic carbocycles. The summed E-state index contributed by atoms with van der Waals surface area (Å²) in [5.41, 5.74) is 4.97. The molecule has 11 heteroatoms. The molecule has 0 radical (unpaired) electrons. The molecule has 168 valence electrons. The van der Waals surface area contributed by atoms with E-state index in [0.29, 0.717) is 0 Å². The van der Waals surface area contributed by atoms with E-state index in [9.17, 15) is 22.4 Å². The predicted molar refractivity (Wildman–Crippen MR) is 117 cm³/mol. The molecule has 4 aromatic rings. The van der Waals surface area contributed by atoms with Crippen molar-refractivity contribution in [2.45, 2.75) is 4.90 Å². The van der Waals surface area contributed by atoms with Crippen LogP contribution in [0.4, 0.5) is 4.39 Å². The minimum absolute atomic E-state index is 0.0695. The van der Waals surface area contributed by atoms with Gasteiger partial charge in [-0.25, -0.2) is 17.5 Å². The lowest BCUT2D eigenvalue weighted by Crippen LogP contribution is -2.41. The van der Waals surface area contributed by atoms with Gasteiger partial charge in [0.1, 0.15) is 17.1 Å². The first kappa shape index (κ1) is 22.0. The van der Waals surface area contributed by atoms with Crippen LogP contribution < -0.4 is 10.9 Å². The van der Waals surface area contributed by atoms with Gasteiger partial charge in [-0.1, -0.05) is 12.1 Å². The Hall–Kier alpha value is -4.25. The van der Waals surface area contributed by atoms with E-state index >= 15 is 0 Å². The van der Waals surface area contributed by atoms with E-state index in [4.69, 9.17) is 0 Å². The fourth-order valence-electron chi connectivity index (χ4n) is 3.13. The van der Waals surface area contributed by atoms with Crippen LogP contribution in [-0.4, -0.2) is 40.8 Å². The van der Waals surface area contributed by atoms with Crippen LogP contribution >= 0.6 is 0 Å². The quantitative estimate of drug-likeness (QED) is 0.437. The Morgan fingerprint density at radius 3 is 2.18 bits per heavy atom. The zero-order valence-corrected chi connectivity index (χ0v) is 18.1. The maximum atomic E-state index is 14.4. The zero-order valence-electron chi connectivity index (χ0n) is 17.3. The Labute approximate surface area is 188 Å². The van der Waals surface area contributed by atoms with Crippen LogP contribution in [-0.2, 0) is 9.84 Å². The molecule has 4 rings (SSSR count). The maximum absolute atomic E-state index is 14.4. The van der Waals surface area contributed by atoms with Crippen LogP contribution in [0.15, 0.2) is 84.1 Å². The van der Waals surface area contributed by atoms with E-state index in [-0.39, 0.29) is 27.5 Å². The third-order valence-corrected chi connectivity index (χ3v) is 5.88. The molecule has 0 aliphatic heterocycles. The summed E-state index contributed by atoms with van der Waals surface area (Å²) < 4.78 is 40.4. The van der Waals surface area contributed by atoms with Crippen LogP contribution in [0.5, 0.6) is 0 Å². The highest BCUT2D eigenvalue weighted by Crippen LogP contribution is 2.21. The topological polar surface area (TPSA) is 115 Å². The van der Waals surface area contributed by atoms with E-state index in [1.54, 1.807) is 41.2 Å². The van der Waals surface area contributed by atoms with Gasteiger partial charge in [-0.3, -0.25) is 20.4 Å². The van der Waals surface area contributed by atoms with Gasteiger partial charge in [0.2, 0.25) is 0 Å². The van der Waals surface area contributed by atoms with Crippen LogP contribution in [0.1, 0.15) is 20.7 Å². The first-order chi connectivity index (χ1) is 15.8. The van der Waals surface area contributed by atoms with Gasteiger partial charge in [-0.05, 0) is 48.5 Å². The number of nitrogens with zero attached hydrogens (tertiary/aromatic N) is 3. The average Bonchev–Trinajstić information content (AvgIpc) is 3.47. The fraction of sp³-hybridized carbons (Fsp3) is 0.0455. The van der Waals surface area contributed by atoms with Crippen molar-refractivity contribution in [3.63, 3.8) is 0 Å². The van der Waals surface area contributed by atoms with Crippen LogP contribution in [0, 0.1) is 5.82 Å². The highest BCUT2D eigenvalue weighted by molar-refractivity contribution is 7.90. The summed E-state index contributed by atoms with van der Waals surface area (Å²) in [5, 5.41) is 4.17. The minimum Gasteiger partial charge on any atom is -0.308 e. The molecule has 0 fully saturated rings. The summed E-state index contributed by atoms with van der Waals surface area (Å²) >= 11 is 0. The molecule has 2 amide bonds. The molecular formula is C22H18FN5O4S. The summed E-state index contributed by atoms with van der Waals surface area (Å²) in [6.45, 7) is 0. The number of rotatable bonds is 5. The molecular weight excluding hydrogens is 449 g/mol. The molecule has 0 bridgehead atoms. The number of sulfone groups is 1. The number of amides is 2. The van der Waals surface area contributed by atoms with Crippen LogP contribution in [0.2, 0.25) is 0 Å². The molecule has 0 spiro atoms. The maximum Gasteiger partial charge on any atom is 0.275 e. The lowest BCUT2D eigenvalue weighted by molar-refractivity contribution is 0.0846. The Morgan fingerprint density at radius 2 is 1.55 bits per heavy atom. The van der Waals surface area contributed by atoms with Gasteiger partial charge in [0.05, 0.1) is 11.1 Å². The molecule has 9 nitrogen and oxygen atoms in total. The lowest BCUT2D eigenvalue weighted by Gasteiger charge is -2.12. The van der Waals surface area contributed by atoms with E-state index in [0.717, 1.165) is 6.26 Å². The number of hydrazine groups is 1. The molecule has 33 heavy (non-hydrogen) atoms. The van der Waals surface area contributed by atoms with Crippen molar-refractivity contribution < 1.29 is 22.4 Å². The van der Waals surface area contributed by atoms with Crippen molar-refractivity contribution in [1.29, 1.82) is 0 Å². The number of nitrogens with one attached hydrogen (secondary N) is 2. The van der Waals surface area contributed by atoms with Crippen molar-refractivity contribution in [3.05, 3.63) is 96.2 Å². The number of carbonyl (C=O) groups excluding carboxylic acids is 2. The summed E-state index contributed by atoms with van der Waals surface area (Å²) in [6.07, 6.45) is 5.68. The third kappa shape index (κ3) is 4.53. The first-order valence-electron chi connectivity index (χ1n) is 9.63. The number of hydrogen-bond acceptors (Lipinski definition) is 5. The van der Waals surface area contributed by atoms with E-state index in [1.807, 2.05) is 0 Å². The number of para-hydroxylation sites is 1. The van der Waals surface area contributed by atoms with Crippen molar-refractivity contribution >= 4 is 21.7 Å². The Kier molecular flexibility index (Phi) is 5.80. The molecule has 0 aliphatic rings. The molecule has 0 saturated heterocycles. The standard InChI is InChI=1S/C22H18FN5O4S/c1-33(31,32)16-10-8-15(9-11-16)20(29)25-26-21(30)17-14-24-28(19-7-3-2-6-18(19)23)22(17)27-12-4-5-13-27/h2-14H,1H3,(H,25,29)(H,26,30). The van der Waals surface area contributed by atoms with Crippen LogP contribution in [0.25, 0.3) is 11.5 Å². The summed E-state index contributed by atoms with van der Waals surface area (Å²) in [7, 11) is -3.40. The van der Waals surface area contributed by atoms with Crippen molar-refractivity contribution in [2.24, 2.45) is 0 Å². The smallest absolute Gasteiger partial charge is 0.275 e. The molecule has 2 N–H and O–H groups in total. The van der Waals surface area contributed by atoms with Gasteiger partial charge in [0.25, 0.3) is 11.8 Å². The number of aromatic nitrogens is 3. The highest BCUT2D eigenvalue weighted by Gasteiger charge is 2.22. The normalized spacial score (nSPS) is 11.2. The Morgan fingerprint density at radius 1 is 0.909 bits per heavy atom. The second kappa shape index (κ2) is 8.71. The van der Waals surface area contributed by atoms with Gasteiger partial charge < -0.3 is 4.57 Å². The van der Waals surface area contributed by atoms with E-state index in [2.05, 4.69) is 16.0 Å². The largest absolute Gasteiger partial charge is 0.308 e. The Balaban J connectivity index is 1.58. The number of benzene rings is 2. The summed E-state index contributed by atoms with van der Waals surface area (Å²) in [6, 6.07) is 14.7. The van der Waals surface area contributed by atoms with Crippen molar-refractivity contribution in [2.75, 3.05) is 6.26 Å². The zero-order chi connectivity index (χ0) is 23.6. The minimum atomic E-state index is -3.40. The lowest BCUT2D eigenvalue weighted by atomic mass is 10.2. The second-order valence-corrected chi connectivity index (χ2v) is 9.06. The number of halogens is 1. The van der Waals surface area contributed by atoms with Crippen molar-refractivity contribution in [3.8, 4) is 11.5 Å². The van der Waals surface area contributed by atoms with Crippen LogP contribution in [0.3, 0.4) is 0 Å². The van der Waals surface area contributed by atoms with Gasteiger partial charge in [-0.15, -0.1) is 0 Å². The van der Waals surface area contributed by atoms with Gasteiger partial charge in [-0.2, -0.15) is 5.10 Å². The van der Waals surface area contributed by atoms with E-state index < -0.39 is 27.5 Å². The molecule has 2 heterocycles. The first-order valence-corrected chi connectivity index (χ1v) is 11.5. The average molecular weight is 467 g/mol. The fourth-order valence-corrected chi connectivity index (χ4v) is 3.76. The van der Waals surface area contributed by atoms with Gasteiger partial charge in [0, 0.05) is 24.2 Å². The molecule has 2 aromatic heterocycles. The second-order valence-electron chi connectivity index (χ2n) is 7.04. The third-order valence-electron chi connectivity index (χ3n) is 4.75. The molecule has 0 aliphatic carbocycles. The van der Waals surface area contributed by atoms with Gasteiger partial charge >= 0.3 is 0 Å². The molecule has 0 saturated carbocycles.